The molecule has 1 aromatic carbocycles. The number of hydrogen-bond acceptors (Lipinski definition) is 2. The second-order valence-corrected chi connectivity index (χ2v) is 5.18. The fourth-order valence-corrected chi connectivity index (χ4v) is 2.48. The van der Waals surface area contributed by atoms with E-state index in [1.165, 1.54) is 18.6 Å². The minimum absolute atomic E-state index is 0.105. The molecule has 0 spiro atoms. The van der Waals surface area contributed by atoms with E-state index in [4.69, 9.17) is 5.11 Å². The Kier molecular flexibility index (Phi) is 4.61. The van der Waals surface area contributed by atoms with Crippen LogP contribution in [0.5, 0.6) is 0 Å². The molecule has 2 rings (SSSR count). The summed E-state index contributed by atoms with van der Waals surface area (Å²) in [7, 11) is 0. The van der Waals surface area contributed by atoms with Crippen LogP contribution in [0.3, 0.4) is 0 Å². The number of carboxylic acid groups (broad SMARTS) is 1. The predicted molar refractivity (Wildman–Crippen MR) is 77.0 cm³/mol. The molecule has 1 aromatic rings. The summed E-state index contributed by atoms with van der Waals surface area (Å²) in [5.41, 5.74) is 0.839. The molecular weight excluding hydrogens is 256 g/mol. The highest BCUT2D eigenvalue weighted by molar-refractivity contribution is 5.91. The van der Waals surface area contributed by atoms with Crippen LogP contribution in [-0.2, 0) is 0 Å². The summed E-state index contributed by atoms with van der Waals surface area (Å²) in [6.45, 7) is 3.74. The number of amides is 2. The lowest BCUT2D eigenvalue weighted by atomic mass is 9.96. The molecule has 1 heterocycles. The summed E-state index contributed by atoms with van der Waals surface area (Å²) in [6, 6.07) is 6.10. The van der Waals surface area contributed by atoms with Gasteiger partial charge < -0.3 is 15.3 Å². The van der Waals surface area contributed by atoms with E-state index >= 15 is 0 Å². The van der Waals surface area contributed by atoms with Crippen LogP contribution in [0.2, 0.25) is 0 Å². The van der Waals surface area contributed by atoms with Crippen molar-refractivity contribution >= 4 is 17.7 Å². The van der Waals surface area contributed by atoms with Crippen molar-refractivity contribution in [3.63, 3.8) is 0 Å². The zero-order valence-corrected chi connectivity index (χ0v) is 11.6. The Labute approximate surface area is 118 Å². The molecule has 5 nitrogen and oxygen atoms in total. The third kappa shape index (κ3) is 3.50. The van der Waals surface area contributed by atoms with Gasteiger partial charge in [0.1, 0.15) is 0 Å². The molecular formula is C15H20N2O3. The van der Waals surface area contributed by atoms with E-state index in [1.54, 1.807) is 12.1 Å². The lowest BCUT2D eigenvalue weighted by Gasteiger charge is -2.32. The van der Waals surface area contributed by atoms with Crippen molar-refractivity contribution in [2.75, 3.05) is 18.4 Å². The number of rotatable bonds is 3. The van der Waals surface area contributed by atoms with Crippen molar-refractivity contribution in [2.24, 2.45) is 5.92 Å². The SMILES string of the molecule is CCC1CCCN(C(=O)Nc2ccc(C(=O)O)cc2)C1. The minimum Gasteiger partial charge on any atom is -0.478 e. The second-order valence-electron chi connectivity index (χ2n) is 5.18. The Bertz CT molecular complexity index is 484. The van der Waals surface area contributed by atoms with Crippen molar-refractivity contribution in [3.8, 4) is 0 Å². The number of urea groups is 1. The molecule has 0 bridgehead atoms. The fraction of sp³-hybridized carbons (Fsp3) is 0.467. The van der Waals surface area contributed by atoms with Gasteiger partial charge in [-0.05, 0) is 43.0 Å². The molecule has 2 N–H and O–H groups in total. The fourth-order valence-electron chi connectivity index (χ4n) is 2.48. The standard InChI is InChI=1S/C15H20N2O3/c1-2-11-4-3-9-17(10-11)15(20)16-13-7-5-12(6-8-13)14(18)19/h5-8,11H,2-4,9-10H2,1H3,(H,16,20)(H,18,19). The highest BCUT2D eigenvalue weighted by Gasteiger charge is 2.22. The number of likely N-dealkylation sites (tertiary alicyclic amines) is 1. The smallest absolute Gasteiger partial charge is 0.335 e. The maximum absolute atomic E-state index is 12.1. The lowest BCUT2D eigenvalue weighted by molar-refractivity contribution is 0.0697. The molecule has 1 fully saturated rings. The molecule has 1 saturated heterocycles. The normalized spacial score (nSPS) is 18.6. The number of nitrogens with zero attached hydrogens (tertiary/aromatic N) is 1. The van der Waals surface area contributed by atoms with E-state index in [1.807, 2.05) is 4.90 Å². The number of carbonyl (C=O) groups excluding carboxylic acids is 1. The maximum Gasteiger partial charge on any atom is 0.335 e. The van der Waals surface area contributed by atoms with E-state index < -0.39 is 5.97 Å². The molecule has 5 heteroatoms. The van der Waals surface area contributed by atoms with Crippen LogP contribution in [0.15, 0.2) is 24.3 Å². The summed E-state index contributed by atoms with van der Waals surface area (Å²) in [5, 5.41) is 11.6. The van der Waals surface area contributed by atoms with Gasteiger partial charge in [-0.2, -0.15) is 0 Å². The number of carbonyl (C=O) groups is 2. The van der Waals surface area contributed by atoms with E-state index in [9.17, 15) is 9.59 Å². The second kappa shape index (κ2) is 6.41. The van der Waals surface area contributed by atoms with E-state index in [0.29, 0.717) is 11.6 Å². The molecule has 20 heavy (non-hydrogen) atoms. The monoisotopic (exact) mass is 276 g/mol. The molecule has 1 unspecified atom stereocenters. The number of hydrogen-bond donors (Lipinski definition) is 2. The van der Waals surface area contributed by atoms with Gasteiger partial charge in [0.05, 0.1) is 5.56 Å². The first-order valence-corrected chi connectivity index (χ1v) is 6.99. The molecule has 1 aliphatic heterocycles. The van der Waals surface area contributed by atoms with Crippen molar-refractivity contribution in [1.82, 2.24) is 4.90 Å². The third-order valence-corrected chi connectivity index (χ3v) is 3.77. The van der Waals surface area contributed by atoms with Gasteiger partial charge >= 0.3 is 12.0 Å². The predicted octanol–water partition coefficient (Wildman–Crippen LogP) is 3.04. The van der Waals surface area contributed by atoms with Crippen LogP contribution < -0.4 is 5.32 Å². The zero-order valence-electron chi connectivity index (χ0n) is 11.6. The topological polar surface area (TPSA) is 69.6 Å². The van der Waals surface area contributed by atoms with Crippen LogP contribution in [-0.4, -0.2) is 35.1 Å². The Morgan fingerprint density at radius 3 is 2.65 bits per heavy atom. The van der Waals surface area contributed by atoms with Crippen LogP contribution in [0, 0.1) is 5.92 Å². The molecule has 2 amide bonds. The molecule has 0 radical (unpaired) electrons. The number of nitrogens with one attached hydrogen (secondary N) is 1. The van der Waals surface area contributed by atoms with Crippen molar-refractivity contribution in [1.29, 1.82) is 0 Å². The van der Waals surface area contributed by atoms with Gasteiger partial charge in [0, 0.05) is 18.8 Å². The first-order valence-electron chi connectivity index (χ1n) is 6.99. The van der Waals surface area contributed by atoms with E-state index in [-0.39, 0.29) is 11.6 Å². The van der Waals surface area contributed by atoms with Crippen molar-refractivity contribution in [2.45, 2.75) is 26.2 Å². The van der Waals surface area contributed by atoms with Gasteiger partial charge in [-0.1, -0.05) is 13.3 Å². The summed E-state index contributed by atoms with van der Waals surface area (Å²) >= 11 is 0. The highest BCUT2D eigenvalue weighted by Crippen LogP contribution is 2.20. The Morgan fingerprint density at radius 2 is 2.05 bits per heavy atom. The van der Waals surface area contributed by atoms with Crippen LogP contribution in [0.25, 0.3) is 0 Å². The van der Waals surface area contributed by atoms with Gasteiger partial charge in [-0.3, -0.25) is 0 Å². The van der Waals surface area contributed by atoms with Crippen molar-refractivity contribution in [3.05, 3.63) is 29.8 Å². The highest BCUT2D eigenvalue weighted by atomic mass is 16.4. The zero-order chi connectivity index (χ0) is 14.5. The van der Waals surface area contributed by atoms with Crippen LogP contribution in [0.1, 0.15) is 36.5 Å². The average molecular weight is 276 g/mol. The van der Waals surface area contributed by atoms with Crippen LogP contribution in [0.4, 0.5) is 10.5 Å². The Hall–Kier alpha value is -2.04. The number of carboxylic acids is 1. The van der Waals surface area contributed by atoms with E-state index in [0.717, 1.165) is 25.9 Å². The average Bonchev–Trinajstić information content (AvgIpc) is 2.47. The molecule has 108 valence electrons. The van der Waals surface area contributed by atoms with Gasteiger partial charge in [-0.25, -0.2) is 9.59 Å². The summed E-state index contributed by atoms with van der Waals surface area (Å²) in [6.07, 6.45) is 3.33. The molecule has 0 saturated carbocycles. The summed E-state index contributed by atoms with van der Waals surface area (Å²) in [4.78, 5) is 24.7. The number of anilines is 1. The summed E-state index contributed by atoms with van der Waals surface area (Å²) in [5.74, 6) is -0.381. The summed E-state index contributed by atoms with van der Waals surface area (Å²) < 4.78 is 0. The third-order valence-electron chi connectivity index (χ3n) is 3.77. The number of piperidine rings is 1. The Balaban J connectivity index is 1.95. The van der Waals surface area contributed by atoms with Crippen LogP contribution >= 0.6 is 0 Å². The number of benzene rings is 1. The lowest BCUT2D eigenvalue weighted by Crippen LogP contribution is -2.42. The van der Waals surface area contributed by atoms with Gasteiger partial charge in [0.25, 0.3) is 0 Å². The Morgan fingerprint density at radius 1 is 1.35 bits per heavy atom. The molecule has 1 atom stereocenters. The largest absolute Gasteiger partial charge is 0.478 e. The molecule has 0 aliphatic carbocycles. The van der Waals surface area contributed by atoms with Gasteiger partial charge in [0.15, 0.2) is 0 Å². The van der Waals surface area contributed by atoms with Gasteiger partial charge in [0.2, 0.25) is 0 Å². The van der Waals surface area contributed by atoms with E-state index in [2.05, 4.69) is 12.2 Å². The van der Waals surface area contributed by atoms with Crippen molar-refractivity contribution < 1.29 is 14.7 Å². The quantitative estimate of drug-likeness (QED) is 0.891. The first kappa shape index (κ1) is 14.4. The minimum atomic E-state index is -0.968. The maximum atomic E-state index is 12.1. The number of aromatic carboxylic acids is 1. The molecule has 0 aromatic heterocycles. The van der Waals surface area contributed by atoms with Gasteiger partial charge in [-0.15, -0.1) is 0 Å². The molecule has 1 aliphatic rings. The first-order chi connectivity index (χ1) is 9.60.